The summed E-state index contributed by atoms with van der Waals surface area (Å²) in [5, 5.41) is 12.2. The van der Waals surface area contributed by atoms with E-state index in [4.69, 9.17) is 22.4 Å². The first-order valence-electron chi connectivity index (χ1n) is 5.90. The van der Waals surface area contributed by atoms with E-state index in [2.05, 4.69) is 5.32 Å². The number of carbonyl (C=O) groups excluding carboxylic acids is 1. The Morgan fingerprint density at radius 1 is 1.40 bits per heavy atom. The number of carboxylic acid groups (broad SMARTS) is 1. The summed E-state index contributed by atoms with van der Waals surface area (Å²) in [6, 6.07) is 5.71. The Balaban J connectivity index is 2.51. The van der Waals surface area contributed by atoms with Crippen molar-refractivity contribution in [3.05, 3.63) is 29.3 Å². The van der Waals surface area contributed by atoms with Gasteiger partial charge in [-0.2, -0.15) is 0 Å². The number of anilines is 1. The maximum Gasteiger partial charge on any atom is 0.321 e. The summed E-state index contributed by atoms with van der Waals surface area (Å²) in [5.74, 6) is -1.18. The molecule has 0 fully saturated rings. The summed E-state index contributed by atoms with van der Waals surface area (Å²) in [7, 11) is 0. The smallest absolute Gasteiger partial charge is 0.321 e. The van der Waals surface area contributed by atoms with E-state index in [1.165, 1.54) is 11.8 Å². The minimum atomic E-state index is -1.08. The van der Waals surface area contributed by atoms with Crippen LogP contribution in [0.3, 0.4) is 0 Å². The minimum absolute atomic E-state index is 0.122. The third-order valence-corrected chi connectivity index (χ3v) is 4.37. The topological polar surface area (TPSA) is 92.4 Å². The second-order valence-electron chi connectivity index (χ2n) is 4.76. The van der Waals surface area contributed by atoms with E-state index in [1.807, 2.05) is 0 Å². The average Bonchev–Trinajstić information content (AvgIpc) is 2.38. The lowest BCUT2D eigenvalue weighted by Crippen LogP contribution is -2.47. The van der Waals surface area contributed by atoms with Crippen molar-refractivity contribution in [3.63, 3.8) is 0 Å². The van der Waals surface area contributed by atoms with Crippen molar-refractivity contribution in [3.8, 4) is 0 Å². The molecule has 0 aliphatic carbocycles. The number of nitrogens with two attached hydrogens (primary N) is 1. The largest absolute Gasteiger partial charge is 0.480 e. The van der Waals surface area contributed by atoms with Crippen molar-refractivity contribution in [2.45, 2.75) is 24.6 Å². The number of thioether (sulfide) groups is 1. The maximum absolute atomic E-state index is 11.8. The Kier molecular flexibility index (Phi) is 5.86. The van der Waals surface area contributed by atoms with Crippen LogP contribution in [0, 0.1) is 0 Å². The molecule has 1 aromatic rings. The number of rotatable bonds is 6. The molecule has 0 bridgehead atoms. The fourth-order valence-corrected chi connectivity index (χ4v) is 2.35. The molecule has 0 aliphatic heterocycles. The van der Waals surface area contributed by atoms with Gasteiger partial charge in [0.1, 0.15) is 6.04 Å². The number of hydrogen-bond donors (Lipinski definition) is 3. The van der Waals surface area contributed by atoms with Crippen LogP contribution in [0.5, 0.6) is 0 Å². The van der Waals surface area contributed by atoms with Crippen LogP contribution < -0.4 is 11.1 Å². The maximum atomic E-state index is 11.8. The third-order valence-electron chi connectivity index (χ3n) is 2.72. The summed E-state index contributed by atoms with van der Waals surface area (Å²) in [6.07, 6.45) is 0. The molecule has 0 radical (unpaired) electrons. The quantitative estimate of drug-likeness (QED) is 0.748. The Bertz CT molecular complexity index is 491. The molecule has 20 heavy (non-hydrogen) atoms. The van der Waals surface area contributed by atoms with Gasteiger partial charge in [-0.25, -0.2) is 0 Å². The van der Waals surface area contributed by atoms with Crippen LogP contribution >= 0.6 is 23.4 Å². The van der Waals surface area contributed by atoms with E-state index in [9.17, 15) is 9.59 Å². The monoisotopic (exact) mass is 316 g/mol. The Morgan fingerprint density at radius 3 is 2.45 bits per heavy atom. The van der Waals surface area contributed by atoms with Gasteiger partial charge in [-0.15, -0.1) is 11.8 Å². The number of carbonyl (C=O) groups is 2. The van der Waals surface area contributed by atoms with E-state index in [-0.39, 0.29) is 11.7 Å². The molecule has 1 amide bonds. The Hall–Kier alpha value is -1.24. The number of aliphatic carboxylic acids is 1. The highest BCUT2D eigenvalue weighted by atomic mass is 35.5. The Labute approximate surface area is 126 Å². The first-order chi connectivity index (χ1) is 9.22. The van der Waals surface area contributed by atoms with Crippen molar-refractivity contribution in [2.75, 3.05) is 11.1 Å². The van der Waals surface area contributed by atoms with Gasteiger partial charge in [-0.3, -0.25) is 9.59 Å². The molecule has 0 heterocycles. The fraction of sp³-hybridized carbons (Fsp3) is 0.385. The molecule has 7 heteroatoms. The molecular weight excluding hydrogens is 300 g/mol. The summed E-state index contributed by atoms with van der Waals surface area (Å²) >= 11 is 6.95. The van der Waals surface area contributed by atoms with E-state index in [1.54, 1.807) is 38.1 Å². The van der Waals surface area contributed by atoms with Crippen LogP contribution in [0.4, 0.5) is 5.69 Å². The molecule has 110 valence electrons. The summed E-state index contributed by atoms with van der Waals surface area (Å²) in [6.45, 7) is 3.40. The van der Waals surface area contributed by atoms with Gasteiger partial charge in [0.25, 0.3) is 0 Å². The van der Waals surface area contributed by atoms with Crippen LogP contribution in [0.2, 0.25) is 5.02 Å². The predicted octanol–water partition coefficient (Wildman–Crippen LogP) is 2.20. The van der Waals surface area contributed by atoms with Crippen LogP contribution in [-0.4, -0.2) is 33.5 Å². The second kappa shape index (κ2) is 6.97. The summed E-state index contributed by atoms with van der Waals surface area (Å²) < 4.78 is -0.733. The lowest BCUT2D eigenvalue weighted by molar-refractivity contribution is -0.139. The van der Waals surface area contributed by atoms with Crippen LogP contribution in [0.25, 0.3) is 0 Å². The Morgan fingerprint density at radius 2 is 1.95 bits per heavy atom. The minimum Gasteiger partial charge on any atom is -0.480 e. The fourth-order valence-electron chi connectivity index (χ4n) is 1.37. The lowest BCUT2D eigenvalue weighted by atomic mass is 10.1. The van der Waals surface area contributed by atoms with E-state index >= 15 is 0 Å². The van der Waals surface area contributed by atoms with Gasteiger partial charge >= 0.3 is 5.97 Å². The highest BCUT2D eigenvalue weighted by molar-refractivity contribution is 8.01. The molecule has 0 spiro atoms. The number of nitrogens with one attached hydrogen (secondary N) is 1. The molecule has 4 N–H and O–H groups in total. The average molecular weight is 317 g/mol. The van der Waals surface area contributed by atoms with Gasteiger partial charge in [-0.05, 0) is 38.1 Å². The molecule has 0 aromatic heterocycles. The molecule has 1 atom stereocenters. The molecule has 1 rings (SSSR count). The zero-order chi connectivity index (χ0) is 15.3. The van der Waals surface area contributed by atoms with E-state index in [0.29, 0.717) is 10.7 Å². The predicted molar refractivity (Wildman–Crippen MR) is 82.2 cm³/mol. The number of hydrogen-bond acceptors (Lipinski definition) is 4. The van der Waals surface area contributed by atoms with Crippen molar-refractivity contribution < 1.29 is 14.7 Å². The van der Waals surface area contributed by atoms with Crippen LogP contribution in [-0.2, 0) is 9.59 Å². The van der Waals surface area contributed by atoms with Gasteiger partial charge in [0.2, 0.25) is 5.91 Å². The van der Waals surface area contributed by atoms with Gasteiger partial charge in [-0.1, -0.05) is 11.6 Å². The van der Waals surface area contributed by atoms with Gasteiger partial charge < -0.3 is 16.2 Å². The van der Waals surface area contributed by atoms with E-state index < -0.39 is 16.8 Å². The van der Waals surface area contributed by atoms with Crippen molar-refractivity contribution in [2.24, 2.45) is 5.73 Å². The number of carboxylic acids is 1. The molecule has 5 nitrogen and oxygen atoms in total. The van der Waals surface area contributed by atoms with Crippen LogP contribution in [0.1, 0.15) is 13.8 Å². The van der Waals surface area contributed by atoms with Gasteiger partial charge in [0, 0.05) is 15.5 Å². The second-order valence-corrected chi connectivity index (χ2v) is 6.83. The number of halogens is 1. The van der Waals surface area contributed by atoms with E-state index in [0.717, 1.165) is 0 Å². The number of benzene rings is 1. The molecule has 0 aliphatic rings. The molecule has 0 saturated heterocycles. The lowest BCUT2D eigenvalue weighted by Gasteiger charge is -2.27. The normalized spacial score (nSPS) is 12.8. The first kappa shape index (κ1) is 16.8. The van der Waals surface area contributed by atoms with Gasteiger partial charge in [0.05, 0.1) is 5.75 Å². The van der Waals surface area contributed by atoms with Crippen molar-refractivity contribution in [1.29, 1.82) is 0 Å². The summed E-state index contributed by atoms with van der Waals surface area (Å²) in [4.78, 5) is 22.6. The zero-order valence-electron chi connectivity index (χ0n) is 11.2. The number of amides is 1. The van der Waals surface area contributed by atoms with Gasteiger partial charge in [0.15, 0.2) is 0 Å². The standard InChI is InChI=1S/C13H17ClN2O3S/c1-13(2,11(15)12(18)19)20-7-10(17)16-9-5-3-8(14)4-6-9/h3-6,11H,7,15H2,1-2H3,(H,16,17)(H,18,19)/t11-/m1/s1. The molecule has 1 aromatic carbocycles. The van der Waals surface area contributed by atoms with Crippen LogP contribution in [0.15, 0.2) is 24.3 Å². The SMILES string of the molecule is CC(C)(SCC(=O)Nc1ccc(Cl)cc1)[C@H](N)C(=O)O. The zero-order valence-corrected chi connectivity index (χ0v) is 12.8. The highest BCUT2D eigenvalue weighted by Crippen LogP contribution is 2.27. The first-order valence-corrected chi connectivity index (χ1v) is 7.26. The highest BCUT2D eigenvalue weighted by Gasteiger charge is 2.33. The molecule has 0 unspecified atom stereocenters. The van der Waals surface area contributed by atoms with Crippen molar-refractivity contribution in [1.82, 2.24) is 0 Å². The third kappa shape index (κ3) is 5.03. The summed E-state index contributed by atoms with van der Waals surface area (Å²) in [5.41, 5.74) is 6.22. The molecular formula is C13H17ClN2O3S. The van der Waals surface area contributed by atoms with Crippen molar-refractivity contribution >= 4 is 40.9 Å². The molecule has 0 saturated carbocycles.